The summed E-state index contributed by atoms with van der Waals surface area (Å²) in [7, 11) is 1.65. The van der Waals surface area contributed by atoms with E-state index >= 15 is 0 Å². The minimum Gasteiger partial charge on any atom is -0.377 e. The van der Waals surface area contributed by atoms with Crippen LogP contribution in [0.25, 0.3) is 0 Å². The van der Waals surface area contributed by atoms with E-state index in [0.717, 1.165) is 33.3 Å². The summed E-state index contributed by atoms with van der Waals surface area (Å²) in [4.78, 5) is 10.9. The molecule has 0 saturated carbocycles. The molecule has 2 aromatic rings. The molecule has 3 rings (SSSR count). The molecule has 20 heavy (non-hydrogen) atoms. The van der Waals surface area contributed by atoms with Crippen LogP contribution < -0.4 is 4.90 Å². The molecule has 1 aliphatic heterocycles. The maximum Gasteiger partial charge on any atom is 0.180 e. The summed E-state index contributed by atoms with van der Waals surface area (Å²) in [5, 5.41) is 9.99. The van der Waals surface area contributed by atoms with Gasteiger partial charge >= 0.3 is 0 Å². The average Bonchev–Trinajstić information content (AvgIpc) is 3.11. The van der Waals surface area contributed by atoms with Crippen LogP contribution in [-0.2, 0) is 11.3 Å². The Bertz CT molecular complexity index is 570. The topological polar surface area (TPSA) is 64.0 Å². The summed E-state index contributed by atoms with van der Waals surface area (Å²) >= 11 is 3.05. The molecule has 0 amide bonds. The van der Waals surface area contributed by atoms with Crippen molar-refractivity contribution in [1.82, 2.24) is 20.2 Å². The fraction of sp³-hybridized carbons (Fsp3) is 0.500. The van der Waals surface area contributed by atoms with Gasteiger partial charge in [0.2, 0.25) is 0 Å². The average molecular weight is 309 g/mol. The third-order valence-electron chi connectivity index (χ3n) is 2.97. The fourth-order valence-electron chi connectivity index (χ4n) is 2.06. The molecule has 0 aromatic carbocycles. The molecule has 3 heterocycles. The smallest absolute Gasteiger partial charge is 0.180 e. The summed E-state index contributed by atoms with van der Waals surface area (Å²) in [6, 6.07) is 2.02. The summed E-state index contributed by atoms with van der Waals surface area (Å²) in [5.74, 6) is 1.00. The second-order valence-electron chi connectivity index (χ2n) is 4.41. The van der Waals surface area contributed by atoms with Gasteiger partial charge in [0.15, 0.2) is 4.34 Å². The maximum atomic E-state index is 5.04. The van der Waals surface area contributed by atoms with E-state index in [2.05, 4.69) is 25.1 Å². The number of nitrogens with zero attached hydrogens (tertiary/aromatic N) is 5. The normalized spacial score (nSPS) is 14.9. The van der Waals surface area contributed by atoms with Gasteiger partial charge in [-0.2, -0.15) is 0 Å². The predicted molar refractivity (Wildman–Crippen MR) is 78.2 cm³/mol. The van der Waals surface area contributed by atoms with Gasteiger partial charge in [0.05, 0.1) is 6.61 Å². The Morgan fingerprint density at radius 3 is 2.95 bits per heavy atom. The van der Waals surface area contributed by atoms with Gasteiger partial charge in [0, 0.05) is 26.3 Å². The lowest BCUT2D eigenvalue weighted by molar-refractivity contribution is 0.184. The number of methoxy groups -OCH3 is 1. The predicted octanol–water partition coefficient (Wildman–Crippen LogP) is 2.23. The first-order valence-electron chi connectivity index (χ1n) is 6.41. The van der Waals surface area contributed by atoms with Crippen LogP contribution in [0.15, 0.2) is 21.8 Å². The molecule has 0 aliphatic carbocycles. The minimum absolute atomic E-state index is 0.501. The number of aromatic nitrogens is 4. The van der Waals surface area contributed by atoms with Crippen molar-refractivity contribution in [2.24, 2.45) is 0 Å². The van der Waals surface area contributed by atoms with Gasteiger partial charge in [-0.3, -0.25) is 0 Å². The molecular weight excluding hydrogens is 294 g/mol. The number of rotatable bonds is 5. The molecule has 2 aromatic heterocycles. The van der Waals surface area contributed by atoms with Gasteiger partial charge in [-0.25, -0.2) is 9.97 Å². The Morgan fingerprint density at radius 2 is 2.15 bits per heavy atom. The van der Waals surface area contributed by atoms with Crippen molar-refractivity contribution in [2.75, 3.05) is 25.1 Å². The van der Waals surface area contributed by atoms with E-state index in [1.54, 1.807) is 13.4 Å². The number of ether oxygens (including phenoxy) is 1. The highest BCUT2D eigenvalue weighted by molar-refractivity contribution is 8.01. The summed E-state index contributed by atoms with van der Waals surface area (Å²) < 4.78 is 5.92. The highest BCUT2D eigenvalue weighted by Crippen LogP contribution is 2.30. The standard InChI is InChI=1S/C12H15N5OS2/c1-18-7-11-15-16-12(20-11)19-10-6-9(13-8-14-10)17-4-2-3-5-17/h6,8H,2-5,7H2,1H3. The van der Waals surface area contributed by atoms with E-state index in [1.807, 2.05) is 6.07 Å². The lowest BCUT2D eigenvalue weighted by atomic mass is 10.4. The first-order valence-corrected chi connectivity index (χ1v) is 8.04. The lowest BCUT2D eigenvalue weighted by Gasteiger charge is -2.15. The molecule has 0 N–H and O–H groups in total. The van der Waals surface area contributed by atoms with Gasteiger partial charge in [0.25, 0.3) is 0 Å². The monoisotopic (exact) mass is 309 g/mol. The first-order chi connectivity index (χ1) is 9.85. The second kappa shape index (κ2) is 6.47. The van der Waals surface area contributed by atoms with Crippen molar-refractivity contribution in [1.29, 1.82) is 0 Å². The third-order valence-corrected chi connectivity index (χ3v) is 4.85. The largest absolute Gasteiger partial charge is 0.377 e. The zero-order chi connectivity index (χ0) is 13.8. The van der Waals surface area contributed by atoms with Gasteiger partial charge in [0.1, 0.15) is 22.2 Å². The Kier molecular flexibility index (Phi) is 4.44. The molecule has 0 bridgehead atoms. The van der Waals surface area contributed by atoms with Crippen LogP contribution >= 0.6 is 23.1 Å². The van der Waals surface area contributed by atoms with E-state index in [-0.39, 0.29) is 0 Å². The van der Waals surface area contributed by atoms with Crippen molar-refractivity contribution in [3.05, 3.63) is 17.4 Å². The Morgan fingerprint density at radius 1 is 1.30 bits per heavy atom. The van der Waals surface area contributed by atoms with Gasteiger partial charge < -0.3 is 9.64 Å². The molecule has 0 spiro atoms. The van der Waals surface area contributed by atoms with Crippen molar-refractivity contribution in [2.45, 2.75) is 28.8 Å². The second-order valence-corrected chi connectivity index (χ2v) is 6.73. The van der Waals surface area contributed by atoms with E-state index in [0.29, 0.717) is 6.61 Å². The third kappa shape index (κ3) is 3.25. The van der Waals surface area contributed by atoms with Crippen LogP contribution in [0.2, 0.25) is 0 Å². The van der Waals surface area contributed by atoms with E-state index in [1.165, 1.54) is 35.9 Å². The van der Waals surface area contributed by atoms with Crippen molar-refractivity contribution < 1.29 is 4.74 Å². The highest BCUT2D eigenvalue weighted by Gasteiger charge is 2.15. The number of hydrogen-bond acceptors (Lipinski definition) is 8. The fourth-order valence-corrected chi connectivity index (χ4v) is 3.83. The van der Waals surface area contributed by atoms with Crippen molar-refractivity contribution >= 4 is 28.9 Å². The zero-order valence-corrected chi connectivity index (χ0v) is 12.8. The van der Waals surface area contributed by atoms with Gasteiger partial charge in [-0.1, -0.05) is 11.3 Å². The van der Waals surface area contributed by atoms with Crippen molar-refractivity contribution in [3.63, 3.8) is 0 Å². The molecule has 0 atom stereocenters. The summed E-state index contributed by atoms with van der Waals surface area (Å²) in [6.07, 6.45) is 4.10. The summed E-state index contributed by atoms with van der Waals surface area (Å²) in [5.41, 5.74) is 0. The summed E-state index contributed by atoms with van der Waals surface area (Å²) in [6.45, 7) is 2.66. The number of hydrogen-bond donors (Lipinski definition) is 0. The Hall–Kier alpha value is -1.25. The molecular formula is C12H15N5OS2. The van der Waals surface area contributed by atoms with Crippen LogP contribution in [0.3, 0.4) is 0 Å². The maximum absolute atomic E-state index is 5.04. The van der Waals surface area contributed by atoms with Crippen LogP contribution in [0.4, 0.5) is 5.82 Å². The van der Waals surface area contributed by atoms with Gasteiger partial charge in [-0.15, -0.1) is 10.2 Å². The molecule has 1 fully saturated rings. The zero-order valence-electron chi connectivity index (χ0n) is 11.2. The number of anilines is 1. The molecule has 0 unspecified atom stereocenters. The molecule has 0 radical (unpaired) electrons. The Balaban J connectivity index is 1.71. The molecule has 1 aliphatic rings. The minimum atomic E-state index is 0.501. The van der Waals surface area contributed by atoms with Gasteiger partial charge in [-0.05, 0) is 24.6 Å². The first kappa shape index (κ1) is 13.7. The SMILES string of the molecule is COCc1nnc(Sc2cc(N3CCCC3)ncn2)s1. The lowest BCUT2D eigenvalue weighted by Crippen LogP contribution is -2.18. The van der Waals surface area contributed by atoms with Crippen LogP contribution in [0, 0.1) is 0 Å². The quantitative estimate of drug-likeness (QED) is 0.785. The van der Waals surface area contributed by atoms with E-state index < -0.39 is 0 Å². The molecule has 106 valence electrons. The van der Waals surface area contributed by atoms with E-state index in [9.17, 15) is 0 Å². The molecule has 6 nitrogen and oxygen atoms in total. The van der Waals surface area contributed by atoms with Crippen LogP contribution in [0.5, 0.6) is 0 Å². The van der Waals surface area contributed by atoms with Crippen molar-refractivity contribution in [3.8, 4) is 0 Å². The molecule has 8 heteroatoms. The van der Waals surface area contributed by atoms with Crippen LogP contribution in [-0.4, -0.2) is 40.4 Å². The highest BCUT2D eigenvalue weighted by atomic mass is 32.2. The van der Waals surface area contributed by atoms with Crippen LogP contribution in [0.1, 0.15) is 17.8 Å². The molecule has 1 saturated heterocycles. The Labute approximate surface area is 125 Å². The van der Waals surface area contributed by atoms with E-state index in [4.69, 9.17) is 4.74 Å².